The molecule has 2 rings (SSSR count). The topological polar surface area (TPSA) is 21.3 Å². The Bertz CT molecular complexity index is 519. The van der Waals surface area contributed by atoms with E-state index in [4.69, 9.17) is 4.74 Å². The lowest BCUT2D eigenvalue weighted by Crippen LogP contribution is -2.08. The van der Waals surface area contributed by atoms with Gasteiger partial charge in [-0.25, -0.2) is 4.39 Å². The average Bonchev–Trinajstić information content (AvgIpc) is 2.42. The first-order chi connectivity index (χ1) is 9.25. The minimum Gasteiger partial charge on any atom is -0.494 e. The fourth-order valence-corrected chi connectivity index (χ4v) is 2.30. The molecule has 0 aliphatic rings. The largest absolute Gasteiger partial charge is 0.494 e. The van der Waals surface area contributed by atoms with Gasteiger partial charge in [0.15, 0.2) is 0 Å². The van der Waals surface area contributed by atoms with Gasteiger partial charge in [0.2, 0.25) is 0 Å². The van der Waals surface area contributed by atoms with Gasteiger partial charge in [-0.05, 0) is 59.3 Å². The predicted octanol–water partition coefficient (Wildman–Crippen LogP) is 4.31. The van der Waals surface area contributed by atoms with Crippen molar-refractivity contribution >= 4 is 28.3 Å². The summed E-state index contributed by atoms with van der Waals surface area (Å²) in [4.78, 5) is 0. The number of halogens is 2. The summed E-state index contributed by atoms with van der Waals surface area (Å²) in [6, 6.07) is 14.5. The smallest absolute Gasteiger partial charge is 0.124 e. The SMILES string of the molecule is Fc1ccc(NCCCOc2ccccc2)c(I)c1. The summed E-state index contributed by atoms with van der Waals surface area (Å²) in [5, 5.41) is 3.27. The Labute approximate surface area is 126 Å². The number of hydrogen-bond acceptors (Lipinski definition) is 2. The van der Waals surface area contributed by atoms with Gasteiger partial charge in [0.05, 0.1) is 6.61 Å². The number of para-hydroxylation sites is 1. The molecule has 0 aromatic heterocycles. The van der Waals surface area contributed by atoms with Gasteiger partial charge in [-0.1, -0.05) is 18.2 Å². The van der Waals surface area contributed by atoms with Gasteiger partial charge in [0.25, 0.3) is 0 Å². The number of ether oxygens (including phenoxy) is 1. The minimum atomic E-state index is -0.206. The van der Waals surface area contributed by atoms with Crippen molar-refractivity contribution in [2.75, 3.05) is 18.5 Å². The van der Waals surface area contributed by atoms with Gasteiger partial charge in [-0.15, -0.1) is 0 Å². The fourth-order valence-electron chi connectivity index (χ4n) is 1.63. The summed E-state index contributed by atoms with van der Waals surface area (Å²) in [6.07, 6.45) is 0.891. The summed E-state index contributed by atoms with van der Waals surface area (Å²) >= 11 is 2.12. The first kappa shape index (κ1) is 14.1. The zero-order valence-electron chi connectivity index (χ0n) is 10.4. The minimum absolute atomic E-state index is 0.206. The fraction of sp³-hybridized carbons (Fsp3) is 0.200. The van der Waals surface area contributed by atoms with Crippen molar-refractivity contribution in [3.63, 3.8) is 0 Å². The van der Waals surface area contributed by atoms with Crippen LogP contribution in [-0.2, 0) is 0 Å². The van der Waals surface area contributed by atoms with Crippen molar-refractivity contribution in [1.82, 2.24) is 0 Å². The molecule has 2 nitrogen and oxygen atoms in total. The van der Waals surface area contributed by atoms with Crippen LogP contribution in [0.4, 0.5) is 10.1 Å². The van der Waals surface area contributed by atoms with Crippen molar-refractivity contribution in [3.05, 3.63) is 57.9 Å². The molecule has 0 spiro atoms. The van der Waals surface area contributed by atoms with Crippen LogP contribution in [-0.4, -0.2) is 13.2 Å². The number of benzene rings is 2. The third-order valence-corrected chi connectivity index (χ3v) is 3.47. The van der Waals surface area contributed by atoms with E-state index in [2.05, 4.69) is 27.9 Å². The number of rotatable bonds is 6. The van der Waals surface area contributed by atoms with E-state index in [0.29, 0.717) is 6.61 Å². The molecule has 0 aliphatic carbocycles. The van der Waals surface area contributed by atoms with Crippen LogP contribution in [0.5, 0.6) is 5.75 Å². The van der Waals surface area contributed by atoms with Crippen LogP contribution in [0, 0.1) is 9.39 Å². The molecular weight excluding hydrogens is 356 g/mol. The second-order valence-electron chi connectivity index (χ2n) is 4.07. The summed E-state index contributed by atoms with van der Waals surface area (Å²) in [6.45, 7) is 1.46. The second kappa shape index (κ2) is 7.33. The van der Waals surface area contributed by atoms with E-state index in [1.807, 2.05) is 30.3 Å². The number of anilines is 1. The average molecular weight is 371 g/mol. The maximum Gasteiger partial charge on any atom is 0.124 e. The van der Waals surface area contributed by atoms with E-state index in [-0.39, 0.29) is 5.82 Å². The molecule has 0 aliphatic heterocycles. The summed E-state index contributed by atoms with van der Waals surface area (Å²) in [5.74, 6) is 0.682. The van der Waals surface area contributed by atoms with Gasteiger partial charge in [-0.3, -0.25) is 0 Å². The molecule has 2 aromatic carbocycles. The molecule has 100 valence electrons. The Balaban J connectivity index is 1.69. The summed E-state index contributed by atoms with van der Waals surface area (Å²) < 4.78 is 19.4. The number of hydrogen-bond donors (Lipinski definition) is 1. The number of nitrogens with one attached hydrogen (secondary N) is 1. The summed E-state index contributed by atoms with van der Waals surface area (Å²) in [7, 11) is 0. The predicted molar refractivity (Wildman–Crippen MR) is 84.2 cm³/mol. The van der Waals surface area contributed by atoms with E-state index in [1.165, 1.54) is 12.1 Å². The molecule has 0 heterocycles. The van der Waals surface area contributed by atoms with E-state index < -0.39 is 0 Å². The Hall–Kier alpha value is -1.30. The van der Waals surface area contributed by atoms with E-state index in [9.17, 15) is 4.39 Å². The van der Waals surface area contributed by atoms with Crippen LogP contribution in [0.15, 0.2) is 48.5 Å². The molecule has 0 atom stereocenters. The van der Waals surface area contributed by atoms with Crippen LogP contribution in [0.1, 0.15) is 6.42 Å². The molecule has 0 saturated carbocycles. The first-order valence-corrected chi connectivity index (χ1v) is 7.20. The zero-order chi connectivity index (χ0) is 13.5. The van der Waals surface area contributed by atoms with Crippen LogP contribution in [0.3, 0.4) is 0 Å². The van der Waals surface area contributed by atoms with Crippen LogP contribution in [0.25, 0.3) is 0 Å². The molecule has 0 unspecified atom stereocenters. The van der Waals surface area contributed by atoms with Crippen LogP contribution >= 0.6 is 22.6 Å². The van der Waals surface area contributed by atoms with Gasteiger partial charge >= 0.3 is 0 Å². The van der Waals surface area contributed by atoms with Gasteiger partial charge in [0.1, 0.15) is 11.6 Å². The zero-order valence-corrected chi connectivity index (χ0v) is 12.6. The van der Waals surface area contributed by atoms with Gasteiger partial charge < -0.3 is 10.1 Å². The Morgan fingerprint density at radius 2 is 1.89 bits per heavy atom. The molecule has 4 heteroatoms. The van der Waals surface area contributed by atoms with Crippen molar-refractivity contribution in [1.29, 1.82) is 0 Å². The molecule has 1 N–H and O–H groups in total. The highest BCUT2D eigenvalue weighted by molar-refractivity contribution is 14.1. The van der Waals surface area contributed by atoms with Gasteiger partial charge in [-0.2, -0.15) is 0 Å². The normalized spacial score (nSPS) is 10.2. The van der Waals surface area contributed by atoms with E-state index >= 15 is 0 Å². The van der Waals surface area contributed by atoms with E-state index in [1.54, 1.807) is 6.07 Å². The maximum absolute atomic E-state index is 12.9. The standard InChI is InChI=1S/C15H15FINO/c16-12-7-8-15(14(17)11-12)18-9-4-10-19-13-5-2-1-3-6-13/h1-3,5-8,11,18H,4,9-10H2. The third kappa shape index (κ3) is 4.70. The van der Waals surface area contributed by atoms with Crippen molar-refractivity contribution in [2.45, 2.75) is 6.42 Å². The molecule has 0 bridgehead atoms. The molecule has 0 fully saturated rings. The van der Waals surface area contributed by atoms with Gasteiger partial charge in [0, 0.05) is 15.8 Å². The van der Waals surface area contributed by atoms with Crippen LogP contribution in [0.2, 0.25) is 0 Å². The molecule has 19 heavy (non-hydrogen) atoms. The Morgan fingerprint density at radius 3 is 2.63 bits per heavy atom. The lowest BCUT2D eigenvalue weighted by atomic mass is 10.3. The van der Waals surface area contributed by atoms with Crippen molar-refractivity contribution in [2.24, 2.45) is 0 Å². The van der Waals surface area contributed by atoms with Crippen molar-refractivity contribution in [3.8, 4) is 5.75 Å². The molecule has 0 radical (unpaired) electrons. The highest BCUT2D eigenvalue weighted by Crippen LogP contribution is 2.18. The highest BCUT2D eigenvalue weighted by Gasteiger charge is 2.00. The highest BCUT2D eigenvalue weighted by atomic mass is 127. The Morgan fingerprint density at radius 1 is 1.11 bits per heavy atom. The lowest BCUT2D eigenvalue weighted by molar-refractivity contribution is 0.315. The van der Waals surface area contributed by atoms with Crippen molar-refractivity contribution < 1.29 is 9.13 Å². The second-order valence-corrected chi connectivity index (χ2v) is 5.23. The molecule has 2 aromatic rings. The molecular formula is C15H15FINO. The van der Waals surface area contributed by atoms with E-state index in [0.717, 1.165) is 28.0 Å². The maximum atomic E-state index is 12.9. The Kier molecular flexibility index (Phi) is 5.44. The first-order valence-electron chi connectivity index (χ1n) is 6.12. The molecule has 0 saturated heterocycles. The lowest BCUT2D eigenvalue weighted by Gasteiger charge is -2.09. The van der Waals surface area contributed by atoms with Crippen LogP contribution < -0.4 is 10.1 Å². The summed E-state index contributed by atoms with van der Waals surface area (Å²) in [5.41, 5.74) is 0.960. The third-order valence-electron chi connectivity index (χ3n) is 2.58. The quantitative estimate of drug-likeness (QED) is 0.604. The molecule has 0 amide bonds. The monoisotopic (exact) mass is 371 g/mol.